The summed E-state index contributed by atoms with van der Waals surface area (Å²) in [4.78, 5) is 8.21. The smallest absolute Gasteiger partial charge is 0.229 e. The normalized spacial score (nSPS) is 9.57. The van der Waals surface area contributed by atoms with Gasteiger partial charge >= 0.3 is 0 Å². The molecule has 0 aromatic carbocycles. The van der Waals surface area contributed by atoms with Crippen LogP contribution in [-0.4, -0.2) is 21.6 Å². The van der Waals surface area contributed by atoms with Gasteiger partial charge in [0.15, 0.2) is 5.11 Å². The third kappa shape index (κ3) is 3.66. The molecule has 0 aliphatic heterocycles. The number of hydrogen-bond donors (Lipinski definition) is 2. The van der Waals surface area contributed by atoms with Gasteiger partial charge in [-0.3, -0.25) is 0 Å². The Hall–Kier alpha value is -1.23. The fraction of sp³-hybridized carbons (Fsp3) is 0.444. The average Bonchev–Trinajstić information content (AvgIpc) is 2.15. The van der Waals surface area contributed by atoms with E-state index in [0.717, 1.165) is 18.7 Å². The third-order valence-corrected chi connectivity index (χ3v) is 1.80. The monoisotopic (exact) mass is 210 g/mol. The van der Waals surface area contributed by atoms with Crippen molar-refractivity contribution in [2.75, 3.05) is 11.9 Å². The van der Waals surface area contributed by atoms with Crippen molar-refractivity contribution in [3.63, 3.8) is 0 Å². The number of nitrogens with zero attached hydrogens (tertiary/aromatic N) is 2. The molecule has 1 aromatic heterocycles. The molecule has 0 amide bonds. The van der Waals surface area contributed by atoms with Gasteiger partial charge in [0, 0.05) is 18.4 Å². The van der Waals surface area contributed by atoms with Gasteiger partial charge in [-0.25, -0.2) is 9.97 Å². The van der Waals surface area contributed by atoms with E-state index in [1.54, 1.807) is 6.20 Å². The van der Waals surface area contributed by atoms with E-state index in [-0.39, 0.29) is 0 Å². The molecule has 5 heteroatoms. The number of aryl methyl sites for hydroxylation is 1. The van der Waals surface area contributed by atoms with Gasteiger partial charge in [-0.15, -0.1) is 0 Å². The second-order valence-electron chi connectivity index (χ2n) is 2.90. The Bertz CT molecular complexity index is 313. The van der Waals surface area contributed by atoms with Gasteiger partial charge < -0.3 is 10.6 Å². The zero-order valence-electron chi connectivity index (χ0n) is 8.37. The van der Waals surface area contributed by atoms with Crippen LogP contribution >= 0.6 is 12.2 Å². The minimum atomic E-state index is 0.540. The second kappa shape index (κ2) is 5.49. The zero-order valence-corrected chi connectivity index (χ0v) is 9.19. The van der Waals surface area contributed by atoms with Crippen molar-refractivity contribution in [2.45, 2.75) is 20.3 Å². The van der Waals surface area contributed by atoms with Crippen LogP contribution in [0, 0.1) is 6.92 Å². The fourth-order valence-corrected chi connectivity index (χ4v) is 1.09. The summed E-state index contributed by atoms with van der Waals surface area (Å²) in [6.07, 6.45) is 2.74. The molecule has 0 saturated heterocycles. The Balaban J connectivity index is 2.47. The van der Waals surface area contributed by atoms with E-state index in [1.807, 2.05) is 13.0 Å². The molecule has 0 aliphatic carbocycles. The number of hydrogen-bond acceptors (Lipinski definition) is 3. The van der Waals surface area contributed by atoms with Crippen molar-refractivity contribution in [2.24, 2.45) is 0 Å². The van der Waals surface area contributed by atoms with Crippen molar-refractivity contribution in [1.29, 1.82) is 0 Å². The summed E-state index contributed by atoms with van der Waals surface area (Å²) in [6, 6.07) is 1.84. The number of anilines is 1. The number of nitrogens with one attached hydrogen (secondary N) is 2. The zero-order chi connectivity index (χ0) is 10.4. The maximum atomic E-state index is 5.04. The molecule has 1 aromatic rings. The van der Waals surface area contributed by atoms with Crippen molar-refractivity contribution < 1.29 is 0 Å². The molecule has 0 radical (unpaired) electrons. The SMILES string of the molecule is CCCNC(=S)Nc1nccc(C)n1. The van der Waals surface area contributed by atoms with E-state index >= 15 is 0 Å². The summed E-state index contributed by atoms with van der Waals surface area (Å²) in [7, 11) is 0. The standard InChI is InChI=1S/C9H14N4S/c1-3-5-11-9(14)13-8-10-6-4-7(2)12-8/h4,6H,3,5H2,1-2H3,(H2,10,11,12,13,14). The molecule has 0 unspecified atom stereocenters. The molecule has 0 saturated carbocycles. The molecular formula is C9H14N4S. The second-order valence-corrected chi connectivity index (χ2v) is 3.31. The van der Waals surface area contributed by atoms with Gasteiger partial charge in [-0.05, 0) is 31.6 Å². The Labute approximate surface area is 89.2 Å². The fourth-order valence-electron chi connectivity index (χ4n) is 0.893. The molecule has 1 rings (SSSR count). The summed E-state index contributed by atoms with van der Waals surface area (Å²) in [5, 5.41) is 6.52. The summed E-state index contributed by atoms with van der Waals surface area (Å²) >= 11 is 5.04. The lowest BCUT2D eigenvalue weighted by molar-refractivity contribution is 0.845. The van der Waals surface area contributed by atoms with Crippen LogP contribution < -0.4 is 10.6 Å². The largest absolute Gasteiger partial charge is 0.362 e. The van der Waals surface area contributed by atoms with Gasteiger partial charge in [-0.2, -0.15) is 0 Å². The minimum absolute atomic E-state index is 0.540. The van der Waals surface area contributed by atoms with E-state index in [1.165, 1.54) is 0 Å². The highest BCUT2D eigenvalue weighted by Gasteiger charge is 1.98. The van der Waals surface area contributed by atoms with Gasteiger partial charge in [0.1, 0.15) is 0 Å². The molecule has 4 nitrogen and oxygen atoms in total. The Kier molecular flexibility index (Phi) is 4.25. The molecule has 14 heavy (non-hydrogen) atoms. The molecule has 0 fully saturated rings. The van der Waals surface area contributed by atoms with Crippen LogP contribution in [0.1, 0.15) is 19.0 Å². The number of rotatable bonds is 3. The topological polar surface area (TPSA) is 49.8 Å². The van der Waals surface area contributed by atoms with E-state index in [0.29, 0.717) is 11.1 Å². The first-order valence-electron chi connectivity index (χ1n) is 4.57. The van der Waals surface area contributed by atoms with E-state index in [4.69, 9.17) is 12.2 Å². The number of aromatic nitrogens is 2. The molecule has 0 bridgehead atoms. The van der Waals surface area contributed by atoms with Crippen molar-refractivity contribution in [3.8, 4) is 0 Å². The van der Waals surface area contributed by atoms with Crippen molar-refractivity contribution in [1.82, 2.24) is 15.3 Å². The highest BCUT2D eigenvalue weighted by atomic mass is 32.1. The van der Waals surface area contributed by atoms with Crippen LogP contribution in [0.3, 0.4) is 0 Å². The summed E-state index contributed by atoms with van der Waals surface area (Å²) in [5.74, 6) is 0.540. The maximum absolute atomic E-state index is 5.04. The third-order valence-electron chi connectivity index (χ3n) is 1.56. The predicted octanol–water partition coefficient (Wildman–Crippen LogP) is 1.48. The van der Waals surface area contributed by atoms with Gasteiger partial charge in [0.2, 0.25) is 5.95 Å². The molecular weight excluding hydrogens is 196 g/mol. The first kappa shape index (κ1) is 10.8. The van der Waals surface area contributed by atoms with Crippen LogP contribution in [0.25, 0.3) is 0 Å². The molecule has 0 aliphatic rings. The maximum Gasteiger partial charge on any atom is 0.229 e. The first-order chi connectivity index (χ1) is 6.72. The molecule has 76 valence electrons. The van der Waals surface area contributed by atoms with Gasteiger partial charge in [-0.1, -0.05) is 6.92 Å². The lowest BCUT2D eigenvalue weighted by atomic mass is 10.5. The molecule has 0 spiro atoms. The summed E-state index contributed by atoms with van der Waals surface area (Å²) < 4.78 is 0. The summed E-state index contributed by atoms with van der Waals surface area (Å²) in [6.45, 7) is 4.85. The average molecular weight is 210 g/mol. The Morgan fingerprint density at radius 2 is 2.36 bits per heavy atom. The minimum Gasteiger partial charge on any atom is -0.362 e. The van der Waals surface area contributed by atoms with Gasteiger partial charge in [0.05, 0.1) is 0 Å². The highest BCUT2D eigenvalue weighted by molar-refractivity contribution is 7.80. The van der Waals surface area contributed by atoms with Crippen molar-refractivity contribution >= 4 is 23.3 Å². The summed E-state index contributed by atoms with van der Waals surface area (Å²) in [5.41, 5.74) is 0.917. The van der Waals surface area contributed by atoms with Gasteiger partial charge in [0.25, 0.3) is 0 Å². The predicted molar refractivity (Wildman–Crippen MR) is 61.3 cm³/mol. The van der Waals surface area contributed by atoms with Crippen LogP contribution in [-0.2, 0) is 0 Å². The first-order valence-corrected chi connectivity index (χ1v) is 4.97. The van der Waals surface area contributed by atoms with Crippen LogP contribution in [0.5, 0.6) is 0 Å². The highest BCUT2D eigenvalue weighted by Crippen LogP contribution is 1.98. The lowest BCUT2D eigenvalue weighted by Crippen LogP contribution is -2.29. The van der Waals surface area contributed by atoms with Crippen LogP contribution in [0.15, 0.2) is 12.3 Å². The molecule has 0 atom stereocenters. The van der Waals surface area contributed by atoms with Crippen molar-refractivity contribution in [3.05, 3.63) is 18.0 Å². The quantitative estimate of drug-likeness (QED) is 0.740. The van der Waals surface area contributed by atoms with Crippen LogP contribution in [0.2, 0.25) is 0 Å². The molecule has 2 N–H and O–H groups in total. The Morgan fingerprint density at radius 1 is 1.57 bits per heavy atom. The molecule has 1 heterocycles. The van der Waals surface area contributed by atoms with Crippen LogP contribution in [0.4, 0.5) is 5.95 Å². The van der Waals surface area contributed by atoms with E-state index < -0.39 is 0 Å². The van der Waals surface area contributed by atoms with E-state index in [2.05, 4.69) is 27.5 Å². The lowest BCUT2D eigenvalue weighted by Gasteiger charge is -2.07. The van der Waals surface area contributed by atoms with E-state index in [9.17, 15) is 0 Å². The Morgan fingerprint density at radius 3 is 3.00 bits per heavy atom. The number of thiocarbonyl (C=S) groups is 1.